The van der Waals surface area contributed by atoms with Crippen LogP contribution in [-0.2, 0) is 0 Å². The van der Waals surface area contributed by atoms with E-state index in [1.54, 1.807) is 6.07 Å². The number of ether oxygens (including phenoxy) is 1. The van der Waals surface area contributed by atoms with Gasteiger partial charge in [0.15, 0.2) is 5.75 Å². The van der Waals surface area contributed by atoms with E-state index in [1.807, 2.05) is 19.9 Å². The van der Waals surface area contributed by atoms with E-state index < -0.39 is 0 Å². The van der Waals surface area contributed by atoms with Gasteiger partial charge in [0.1, 0.15) is 0 Å². The topological polar surface area (TPSA) is 52.4 Å². The lowest BCUT2D eigenvalue weighted by molar-refractivity contribution is -0.386. The molecule has 0 fully saturated rings. The molecule has 0 saturated carbocycles. The first-order chi connectivity index (χ1) is 7.56. The lowest BCUT2D eigenvalue weighted by atomic mass is 10.1. The van der Waals surface area contributed by atoms with Crippen LogP contribution in [-0.4, -0.2) is 11.5 Å². The van der Waals surface area contributed by atoms with Gasteiger partial charge in [-0.15, -0.1) is 0 Å². The number of aryl methyl sites for hydroxylation is 2. The Labute approximate surface area is 95.4 Å². The van der Waals surface area contributed by atoms with Crippen molar-refractivity contribution in [1.82, 2.24) is 0 Å². The molecule has 88 valence electrons. The van der Waals surface area contributed by atoms with Crippen molar-refractivity contribution < 1.29 is 9.66 Å². The number of benzene rings is 1. The molecule has 0 amide bonds. The molecule has 0 bridgehead atoms. The van der Waals surface area contributed by atoms with Gasteiger partial charge in [-0.25, -0.2) is 0 Å². The second kappa shape index (κ2) is 5.49. The second-order valence-corrected chi connectivity index (χ2v) is 3.89. The van der Waals surface area contributed by atoms with Crippen molar-refractivity contribution in [2.75, 3.05) is 6.61 Å². The summed E-state index contributed by atoms with van der Waals surface area (Å²) >= 11 is 0. The molecule has 0 aliphatic rings. The minimum absolute atomic E-state index is 0.0635. The fraction of sp³-hybridized carbons (Fsp3) is 0.500. The minimum Gasteiger partial charge on any atom is -0.487 e. The standard InChI is InChI=1S/C12H17NO3/c1-4-5-6-16-12-10(3)7-9(2)8-11(12)13(14)15/h7-8H,4-6H2,1-3H3. The van der Waals surface area contributed by atoms with Crippen molar-refractivity contribution in [3.05, 3.63) is 33.4 Å². The van der Waals surface area contributed by atoms with Gasteiger partial charge >= 0.3 is 5.69 Å². The summed E-state index contributed by atoms with van der Waals surface area (Å²) < 4.78 is 5.48. The number of hydrogen-bond acceptors (Lipinski definition) is 3. The monoisotopic (exact) mass is 223 g/mol. The number of nitro benzene ring substituents is 1. The van der Waals surface area contributed by atoms with Gasteiger partial charge in [0.05, 0.1) is 11.5 Å². The summed E-state index contributed by atoms with van der Waals surface area (Å²) in [6.07, 6.45) is 1.92. The smallest absolute Gasteiger partial charge is 0.311 e. The van der Waals surface area contributed by atoms with Gasteiger partial charge in [0.25, 0.3) is 0 Å². The predicted octanol–water partition coefficient (Wildman–Crippen LogP) is 3.39. The molecule has 0 atom stereocenters. The number of rotatable bonds is 5. The van der Waals surface area contributed by atoms with Gasteiger partial charge in [-0.05, 0) is 31.4 Å². The van der Waals surface area contributed by atoms with E-state index in [0.29, 0.717) is 12.4 Å². The van der Waals surface area contributed by atoms with E-state index in [9.17, 15) is 10.1 Å². The van der Waals surface area contributed by atoms with E-state index in [0.717, 1.165) is 24.0 Å². The maximum absolute atomic E-state index is 10.9. The van der Waals surface area contributed by atoms with Crippen molar-refractivity contribution in [2.45, 2.75) is 33.6 Å². The summed E-state index contributed by atoms with van der Waals surface area (Å²) in [5, 5.41) is 10.9. The molecule has 16 heavy (non-hydrogen) atoms. The van der Waals surface area contributed by atoms with Gasteiger partial charge < -0.3 is 4.74 Å². The molecule has 4 heteroatoms. The molecule has 0 heterocycles. The molecule has 0 radical (unpaired) electrons. The Bertz CT molecular complexity index is 388. The number of unbranched alkanes of at least 4 members (excludes halogenated alkanes) is 1. The van der Waals surface area contributed by atoms with Crippen molar-refractivity contribution >= 4 is 5.69 Å². The first-order valence-corrected chi connectivity index (χ1v) is 5.44. The fourth-order valence-corrected chi connectivity index (χ4v) is 1.57. The van der Waals surface area contributed by atoms with E-state index in [2.05, 4.69) is 6.92 Å². The Morgan fingerprint density at radius 3 is 2.62 bits per heavy atom. The molecule has 0 aromatic heterocycles. The van der Waals surface area contributed by atoms with Crippen LogP contribution in [0.25, 0.3) is 0 Å². The average Bonchev–Trinajstić information content (AvgIpc) is 2.20. The molecule has 0 N–H and O–H groups in total. The molecule has 0 spiro atoms. The molecular weight excluding hydrogens is 206 g/mol. The Morgan fingerprint density at radius 1 is 1.38 bits per heavy atom. The quantitative estimate of drug-likeness (QED) is 0.436. The maximum Gasteiger partial charge on any atom is 0.311 e. The second-order valence-electron chi connectivity index (χ2n) is 3.89. The zero-order valence-electron chi connectivity index (χ0n) is 9.95. The van der Waals surface area contributed by atoms with Gasteiger partial charge in [0, 0.05) is 6.07 Å². The third-order valence-corrected chi connectivity index (χ3v) is 2.34. The summed E-state index contributed by atoms with van der Waals surface area (Å²) in [4.78, 5) is 10.5. The number of nitrogens with zero attached hydrogens (tertiary/aromatic N) is 1. The molecular formula is C12H17NO3. The fourth-order valence-electron chi connectivity index (χ4n) is 1.57. The zero-order chi connectivity index (χ0) is 12.1. The summed E-state index contributed by atoms with van der Waals surface area (Å²) in [7, 11) is 0. The predicted molar refractivity (Wildman–Crippen MR) is 63.0 cm³/mol. The summed E-state index contributed by atoms with van der Waals surface area (Å²) in [5.41, 5.74) is 1.77. The van der Waals surface area contributed by atoms with Crippen LogP contribution in [0.2, 0.25) is 0 Å². The largest absolute Gasteiger partial charge is 0.487 e. The first-order valence-electron chi connectivity index (χ1n) is 5.44. The molecule has 1 aromatic rings. The van der Waals surface area contributed by atoms with E-state index in [4.69, 9.17) is 4.74 Å². The van der Waals surface area contributed by atoms with Gasteiger partial charge in [-0.1, -0.05) is 19.4 Å². The highest BCUT2D eigenvalue weighted by molar-refractivity contribution is 5.53. The van der Waals surface area contributed by atoms with E-state index in [-0.39, 0.29) is 10.6 Å². The highest BCUT2D eigenvalue weighted by Gasteiger charge is 2.18. The van der Waals surface area contributed by atoms with Crippen LogP contribution in [0, 0.1) is 24.0 Å². The van der Waals surface area contributed by atoms with Crippen LogP contribution in [0.15, 0.2) is 12.1 Å². The summed E-state index contributed by atoms with van der Waals surface area (Å²) in [6.45, 7) is 6.26. The summed E-state index contributed by atoms with van der Waals surface area (Å²) in [6, 6.07) is 3.45. The van der Waals surface area contributed by atoms with Crippen LogP contribution < -0.4 is 4.74 Å². The first kappa shape index (κ1) is 12.5. The Hall–Kier alpha value is -1.58. The van der Waals surface area contributed by atoms with E-state index in [1.165, 1.54) is 0 Å². The third kappa shape index (κ3) is 2.95. The van der Waals surface area contributed by atoms with Gasteiger partial charge in [0.2, 0.25) is 0 Å². The Balaban J connectivity index is 2.99. The lowest BCUT2D eigenvalue weighted by Crippen LogP contribution is -2.02. The molecule has 1 aromatic carbocycles. The molecule has 1 rings (SSSR count). The SMILES string of the molecule is CCCCOc1c(C)cc(C)cc1[N+](=O)[O-]. The van der Waals surface area contributed by atoms with Crippen LogP contribution in [0.4, 0.5) is 5.69 Å². The van der Waals surface area contributed by atoms with Gasteiger partial charge in [-0.3, -0.25) is 10.1 Å². The zero-order valence-corrected chi connectivity index (χ0v) is 9.95. The van der Waals surface area contributed by atoms with Crippen molar-refractivity contribution in [3.8, 4) is 5.75 Å². The highest BCUT2D eigenvalue weighted by atomic mass is 16.6. The number of hydrogen-bond donors (Lipinski definition) is 0. The molecule has 0 aliphatic heterocycles. The van der Waals surface area contributed by atoms with Crippen LogP contribution in [0.3, 0.4) is 0 Å². The summed E-state index contributed by atoms with van der Waals surface area (Å²) in [5.74, 6) is 0.407. The van der Waals surface area contributed by atoms with Crippen LogP contribution in [0.1, 0.15) is 30.9 Å². The maximum atomic E-state index is 10.9. The van der Waals surface area contributed by atoms with Crippen LogP contribution >= 0.6 is 0 Å². The number of nitro groups is 1. The average molecular weight is 223 g/mol. The van der Waals surface area contributed by atoms with Crippen molar-refractivity contribution in [3.63, 3.8) is 0 Å². The van der Waals surface area contributed by atoms with Crippen molar-refractivity contribution in [1.29, 1.82) is 0 Å². The minimum atomic E-state index is -0.388. The third-order valence-electron chi connectivity index (χ3n) is 2.34. The molecule has 4 nitrogen and oxygen atoms in total. The Kier molecular flexibility index (Phi) is 4.28. The molecule has 0 aliphatic carbocycles. The highest BCUT2D eigenvalue weighted by Crippen LogP contribution is 2.32. The van der Waals surface area contributed by atoms with Crippen molar-refractivity contribution in [2.24, 2.45) is 0 Å². The van der Waals surface area contributed by atoms with Gasteiger partial charge in [-0.2, -0.15) is 0 Å². The normalized spacial score (nSPS) is 10.2. The van der Waals surface area contributed by atoms with Crippen LogP contribution in [0.5, 0.6) is 5.75 Å². The molecule has 0 unspecified atom stereocenters. The van der Waals surface area contributed by atoms with E-state index >= 15 is 0 Å². The molecule has 0 saturated heterocycles. The Morgan fingerprint density at radius 2 is 2.06 bits per heavy atom. The lowest BCUT2D eigenvalue weighted by Gasteiger charge is -2.09.